The summed E-state index contributed by atoms with van der Waals surface area (Å²) in [6.45, 7) is 5.80. The lowest BCUT2D eigenvalue weighted by molar-refractivity contribution is 0.0697. The van der Waals surface area contributed by atoms with Crippen molar-refractivity contribution < 1.29 is 14.3 Å². The second-order valence-corrected chi connectivity index (χ2v) is 9.33. The van der Waals surface area contributed by atoms with Crippen molar-refractivity contribution in [3.05, 3.63) is 113 Å². The minimum absolute atomic E-state index is 0.229. The van der Waals surface area contributed by atoms with Crippen LogP contribution in [0.4, 0.5) is 10.1 Å². The second-order valence-electron chi connectivity index (χ2n) is 8.94. The average Bonchev–Trinajstić information content (AvgIpc) is 3.36. The van der Waals surface area contributed by atoms with Gasteiger partial charge in [-0.1, -0.05) is 6.07 Å². The van der Waals surface area contributed by atoms with Crippen molar-refractivity contribution in [1.82, 2.24) is 14.9 Å². The number of aryl methyl sites for hydroxylation is 2. The number of aromatic nitrogens is 2. The highest BCUT2D eigenvalue weighted by atomic mass is 32.1. The van der Waals surface area contributed by atoms with E-state index < -0.39 is 5.97 Å². The Morgan fingerprint density at radius 2 is 1.75 bits per heavy atom. The molecule has 1 aliphatic heterocycles. The van der Waals surface area contributed by atoms with Crippen molar-refractivity contribution in [2.75, 3.05) is 4.90 Å². The third-order valence-corrected chi connectivity index (χ3v) is 6.99. The molecule has 2 N–H and O–H groups in total. The molecule has 3 heterocycles. The zero-order chi connectivity index (χ0) is 25.6. The van der Waals surface area contributed by atoms with E-state index in [-0.39, 0.29) is 23.5 Å². The maximum absolute atomic E-state index is 14.1. The highest BCUT2D eigenvalue weighted by molar-refractivity contribution is 7.80. The molecular weight excluding hydrogens is 475 g/mol. The number of aromatic carboxylic acids is 1. The number of benzene rings is 2. The van der Waals surface area contributed by atoms with Gasteiger partial charge in [0.25, 0.3) is 0 Å². The van der Waals surface area contributed by atoms with Crippen LogP contribution in [0, 0.1) is 26.6 Å². The molecule has 1 aliphatic rings. The van der Waals surface area contributed by atoms with Crippen molar-refractivity contribution in [3.63, 3.8) is 0 Å². The average molecular weight is 501 g/mol. The van der Waals surface area contributed by atoms with Gasteiger partial charge in [-0.15, -0.1) is 0 Å². The number of halogens is 1. The number of carboxylic acid groups (broad SMARTS) is 1. The number of carboxylic acids is 1. The fraction of sp³-hybridized carbons (Fsp3) is 0.179. The quantitative estimate of drug-likeness (QED) is 0.337. The normalized spacial score (nSPS) is 17.3. The van der Waals surface area contributed by atoms with E-state index in [1.54, 1.807) is 37.4 Å². The predicted molar refractivity (Wildman–Crippen MR) is 141 cm³/mol. The highest BCUT2D eigenvalue weighted by Crippen LogP contribution is 2.44. The predicted octanol–water partition coefficient (Wildman–Crippen LogP) is 5.81. The van der Waals surface area contributed by atoms with Crippen LogP contribution in [0.1, 0.15) is 50.7 Å². The van der Waals surface area contributed by atoms with Crippen LogP contribution in [0.3, 0.4) is 0 Å². The number of carbonyl (C=O) groups is 1. The van der Waals surface area contributed by atoms with Gasteiger partial charge in [0.05, 0.1) is 23.3 Å². The van der Waals surface area contributed by atoms with Crippen LogP contribution in [-0.2, 0) is 0 Å². The number of nitrogens with one attached hydrogen (secondary N) is 1. The maximum atomic E-state index is 14.1. The third-order valence-electron chi connectivity index (χ3n) is 6.68. The zero-order valence-electron chi connectivity index (χ0n) is 20.1. The van der Waals surface area contributed by atoms with E-state index in [9.17, 15) is 14.3 Å². The Kier molecular flexibility index (Phi) is 6.05. The molecule has 0 aliphatic carbocycles. The Bertz CT molecular complexity index is 1470. The molecule has 5 rings (SSSR count). The summed E-state index contributed by atoms with van der Waals surface area (Å²) in [5.41, 5.74) is 6.33. The monoisotopic (exact) mass is 500 g/mol. The van der Waals surface area contributed by atoms with Gasteiger partial charge in [0.15, 0.2) is 5.11 Å². The van der Waals surface area contributed by atoms with Gasteiger partial charge in [-0.3, -0.25) is 4.98 Å². The van der Waals surface area contributed by atoms with Crippen molar-refractivity contribution in [2.45, 2.75) is 32.9 Å². The molecule has 0 bridgehead atoms. The number of anilines is 1. The number of nitrogens with zero attached hydrogens (tertiary/aromatic N) is 3. The zero-order valence-corrected chi connectivity index (χ0v) is 20.9. The molecule has 0 radical (unpaired) electrons. The molecule has 0 unspecified atom stereocenters. The maximum Gasteiger partial charge on any atom is 0.335 e. The molecule has 8 heteroatoms. The SMILES string of the molecule is Cc1cc(N2C(=S)N[C@H](c3ccccn3)[C@@H]2c2cc(C)n(-c3ccc(C(=O)O)cc3)c2C)ccc1F. The molecule has 182 valence electrons. The smallest absolute Gasteiger partial charge is 0.335 e. The Labute approximate surface area is 214 Å². The first kappa shape index (κ1) is 23.7. The summed E-state index contributed by atoms with van der Waals surface area (Å²) in [6, 6.07) is 19.3. The molecule has 0 amide bonds. The van der Waals surface area contributed by atoms with Crippen LogP contribution in [0.15, 0.2) is 72.9 Å². The van der Waals surface area contributed by atoms with Crippen LogP contribution in [0.25, 0.3) is 5.69 Å². The summed E-state index contributed by atoms with van der Waals surface area (Å²) in [4.78, 5) is 17.9. The van der Waals surface area contributed by atoms with E-state index in [2.05, 4.69) is 20.9 Å². The number of hydrogen-bond donors (Lipinski definition) is 2. The van der Waals surface area contributed by atoms with Gasteiger partial charge in [0.1, 0.15) is 5.82 Å². The third kappa shape index (κ3) is 4.03. The molecule has 2 aromatic heterocycles. The van der Waals surface area contributed by atoms with E-state index in [0.29, 0.717) is 10.7 Å². The van der Waals surface area contributed by atoms with Gasteiger partial charge in [-0.25, -0.2) is 9.18 Å². The lowest BCUT2D eigenvalue weighted by Gasteiger charge is -2.28. The topological polar surface area (TPSA) is 70.4 Å². The second kappa shape index (κ2) is 9.20. The standard InChI is InChI=1S/C28H25FN4O2S/c1-16-14-21(11-12-23(16)29)33-26(25(31-28(33)36)24-6-4-5-13-30-24)22-15-17(2)32(18(22)3)20-9-7-19(8-10-20)27(34)35/h4-15,25-26H,1-3H3,(H,31,36)(H,34,35)/t25-,26+/m1/s1. The minimum Gasteiger partial charge on any atom is -0.478 e. The summed E-state index contributed by atoms with van der Waals surface area (Å²) >= 11 is 5.80. The van der Waals surface area contributed by atoms with Gasteiger partial charge < -0.3 is 19.9 Å². The fourth-order valence-electron chi connectivity index (χ4n) is 4.97. The van der Waals surface area contributed by atoms with Crippen molar-refractivity contribution >= 4 is 29.0 Å². The van der Waals surface area contributed by atoms with Crippen LogP contribution in [-0.4, -0.2) is 25.7 Å². The first-order chi connectivity index (χ1) is 17.3. The fourth-order valence-corrected chi connectivity index (χ4v) is 5.31. The van der Waals surface area contributed by atoms with Crippen LogP contribution >= 0.6 is 12.2 Å². The number of pyridine rings is 1. The lowest BCUT2D eigenvalue weighted by atomic mass is 9.96. The molecular formula is C28H25FN4O2S. The molecule has 36 heavy (non-hydrogen) atoms. The Balaban J connectivity index is 1.66. The molecule has 4 aromatic rings. The Morgan fingerprint density at radius 3 is 2.39 bits per heavy atom. The molecule has 0 spiro atoms. The summed E-state index contributed by atoms with van der Waals surface area (Å²) in [7, 11) is 0. The molecule has 2 atom stereocenters. The van der Waals surface area contributed by atoms with Crippen LogP contribution in [0.2, 0.25) is 0 Å². The first-order valence-corrected chi connectivity index (χ1v) is 12.0. The summed E-state index contributed by atoms with van der Waals surface area (Å²) in [5.74, 6) is -1.23. The van der Waals surface area contributed by atoms with E-state index >= 15 is 0 Å². The molecule has 2 aromatic carbocycles. The largest absolute Gasteiger partial charge is 0.478 e. The molecule has 1 fully saturated rings. The summed E-state index contributed by atoms with van der Waals surface area (Å²) in [6.07, 6.45) is 1.76. The van der Waals surface area contributed by atoms with E-state index in [0.717, 1.165) is 34.0 Å². The number of hydrogen-bond acceptors (Lipinski definition) is 3. The van der Waals surface area contributed by atoms with E-state index in [4.69, 9.17) is 12.2 Å². The van der Waals surface area contributed by atoms with Gasteiger partial charge in [0.2, 0.25) is 0 Å². The molecule has 6 nitrogen and oxygen atoms in total. The summed E-state index contributed by atoms with van der Waals surface area (Å²) < 4.78 is 16.2. The van der Waals surface area contributed by atoms with Crippen LogP contribution < -0.4 is 10.2 Å². The Hall–Kier alpha value is -4.04. The molecule has 1 saturated heterocycles. The van der Waals surface area contributed by atoms with Gasteiger partial charge in [0, 0.05) is 29.0 Å². The van der Waals surface area contributed by atoms with Crippen molar-refractivity contribution in [2.24, 2.45) is 0 Å². The van der Waals surface area contributed by atoms with Crippen molar-refractivity contribution in [3.8, 4) is 5.69 Å². The minimum atomic E-state index is -0.961. The van der Waals surface area contributed by atoms with Gasteiger partial charge >= 0.3 is 5.97 Å². The van der Waals surface area contributed by atoms with Gasteiger partial charge in [-0.05, 0) is 105 Å². The molecule has 0 saturated carbocycles. The highest BCUT2D eigenvalue weighted by Gasteiger charge is 2.42. The summed E-state index contributed by atoms with van der Waals surface area (Å²) in [5, 5.41) is 13.3. The van der Waals surface area contributed by atoms with E-state index in [1.165, 1.54) is 6.07 Å². The first-order valence-electron chi connectivity index (χ1n) is 11.6. The van der Waals surface area contributed by atoms with Crippen LogP contribution in [0.5, 0.6) is 0 Å². The lowest BCUT2D eigenvalue weighted by Crippen LogP contribution is -2.29. The van der Waals surface area contributed by atoms with E-state index in [1.807, 2.05) is 49.1 Å². The number of rotatable bonds is 5. The Morgan fingerprint density at radius 1 is 1.03 bits per heavy atom. The van der Waals surface area contributed by atoms with Gasteiger partial charge in [-0.2, -0.15) is 0 Å². The number of thiocarbonyl (C=S) groups is 1. The van der Waals surface area contributed by atoms with Crippen molar-refractivity contribution in [1.29, 1.82) is 0 Å².